The van der Waals surface area contributed by atoms with E-state index >= 15 is 0 Å². The monoisotopic (exact) mass is 476 g/mol. The van der Waals surface area contributed by atoms with Gasteiger partial charge in [-0.25, -0.2) is 0 Å². The van der Waals surface area contributed by atoms with E-state index < -0.39 is 11.1 Å². The molecule has 1 N–H and O–H groups in total. The second-order valence-corrected chi connectivity index (χ2v) is 9.87. The highest BCUT2D eigenvalue weighted by Crippen LogP contribution is 2.50. The molecule has 0 spiro atoms. The molecule has 34 heavy (non-hydrogen) atoms. The molecule has 0 bridgehead atoms. The van der Waals surface area contributed by atoms with Gasteiger partial charge in [0.25, 0.3) is 0 Å². The second kappa shape index (κ2) is 10.3. The summed E-state index contributed by atoms with van der Waals surface area (Å²) in [7, 11) is 3.60. The van der Waals surface area contributed by atoms with Crippen LogP contribution >= 0.6 is 11.6 Å². The SMILES string of the molecule is CN(C)C(=O)CCCN1CCC(O)(c2ccc(Cl)cc2)CC1(c1ccccc1)c1ccccc1. The molecule has 0 radical (unpaired) electrons. The Morgan fingerprint density at radius 3 is 2.00 bits per heavy atom. The van der Waals surface area contributed by atoms with Gasteiger partial charge in [-0.15, -0.1) is 0 Å². The maximum absolute atomic E-state index is 12.3. The van der Waals surface area contributed by atoms with Crippen LogP contribution in [0.2, 0.25) is 5.02 Å². The maximum Gasteiger partial charge on any atom is 0.222 e. The molecule has 1 amide bonds. The highest BCUT2D eigenvalue weighted by molar-refractivity contribution is 6.30. The van der Waals surface area contributed by atoms with E-state index in [-0.39, 0.29) is 5.91 Å². The lowest BCUT2D eigenvalue weighted by Gasteiger charge is -2.53. The molecule has 1 unspecified atom stereocenters. The molecule has 3 aromatic carbocycles. The number of benzene rings is 3. The Bertz CT molecular complexity index is 1050. The minimum atomic E-state index is -1.01. The van der Waals surface area contributed by atoms with Crippen molar-refractivity contribution in [2.24, 2.45) is 0 Å². The summed E-state index contributed by atoms with van der Waals surface area (Å²) in [5.41, 5.74) is 1.64. The van der Waals surface area contributed by atoms with Gasteiger partial charge in [0.1, 0.15) is 0 Å². The smallest absolute Gasteiger partial charge is 0.222 e. The van der Waals surface area contributed by atoms with Gasteiger partial charge in [-0.2, -0.15) is 0 Å². The molecule has 178 valence electrons. The Morgan fingerprint density at radius 1 is 0.912 bits per heavy atom. The molecule has 1 heterocycles. The first-order valence-corrected chi connectivity index (χ1v) is 12.3. The summed E-state index contributed by atoms with van der Waals surface area (Å²) in [6, 6.07) is 28.5. The third kappa shape index (κ3) is 4.90. The number of likely N-dealkylation sites (tertiary alicyclic amines) is 1. The van der Waals surface area contributed by atoms with Crippen LogP contribution in [0.3, 0.4) is 0 Å². The van der Waals surface area contributed by atoms with Crippen LogP contribution in [-0.2, 0) is 15.9 Å². The minimum absolute atomic E-state index is 0.139. The molecule has 0 saturated carbocycles. The van der Waals surface area contributed by atoms with Crippen molar-refractivity contribution < 1.29 is 9.90 Å². The van der Waals surface area contributed by atoms with Crippen LogP contribution in [0.25, 0.3) is 0 Å². The Balaban J connectivity index is 1.78. The fraction of sp³-hybridized carbons (Fsp3) is 0.345. The van der Waals surface area contributed by atoms with Gasteiger partial charge >= 0.3 is 0 Å². The van der Waals surface area contributed by atoms with Gasteiger partial charge in [-0.1, -0.05) is 84.4 Å². The zero-order valence-corrected chi connectivity index (χ0v) is 20.7. The van der Waals surface area contributed by atoms with Crippen molar-refractivity contribution in [2.45, 2.75) is 36.8 Å². The van der Waals surface area contributed by atoms with Crippen molar-refractivity contribution in [1.82, 2.24) is 9.80 Å². The summed E-state index contributed by atoms with van der Waals surface area (Å²) in [5, 5.41) is 12.7. The van der Waals surface area contributed by atoms with Crippen molar-refractivity contribution in [3.8, 4) is 0 Å². The number of carbonyl (C=O) groups excluding carboxylic acids is 1. The Hall–Kier alpha value is -2.66. The van der Waals surface area contributed by atoms with Crippen LogP contribution in [0, 0.1) is 0 Å². The normalized spacial score (nSPS) is 20.1. The zero-order valence-electron chi connectivity index (χ0n) is 20.0. The number of amides is 1. The van der Waals surface area contributed by atoms with E-state index in [0.29, 0.717) is 30.8 Å². The van der Waals surface area contributed by atoms with E-state index in [1.54, 1.807) is 19.0 Å². The highest BCUT2D eigenvalue weighted by atomic mass is 35.5. The lowest BCUT2D eigenvalue weighted by molar-refractivity contribution is -0.129. The first-order valence-electron chi connectivity index (χ1n) is 11.9. The van der Waals surface area contributed by atoms with Crippen molar-refractivity contribution in [2.75, 3.05) is 27.2 Å². The van der Waals surface area contributed by atoms with E-state index in [9.17, 15) is 9.90 Å². The zero-order chi connectivity index (χ0) is 24.2. The van der Waals surface area contributed by atoms with Crippen molar-refractivity contribution >= 4 is 17.5 Å². The maximum atomic E-state index is 12.3. The number of carbonyl (C=O) groups is 1. The predicted octanol–water partition coefficient (Wildman–Crippen LogP) is 5.44. The molecule has 4 rings (SSSR count). The molecule has 1 atom stereocenters. The summed E-state index contributed by atoms with van der Waals surface area (Å²) in [5.74, 6) is 0.139. The summed E-state index contributed by atoms with van der Waals surface area (Å²) in [6.07, 6.45) is 2.39. The standard InChI is InChI=1S/C29H33ClN2O2/c1-31(2)27(33)14-9-20-32-21-19-28(34,23-15-17-26(30)18-16-23)22-29(32,24-10-5-3-6-11-24)25-12-7-4-8-13-25/h3-8,10-13,15-18,34H,9,14,19-22H2,1-2H3. The number of halogens is 1. The van der Waals surface area contributed by atoms with Crippen LogP contribution < -0.4 is 0 Å². The Kier molecular flexibility index (Phi) is 7.42. The van der Waals surface area contributed by atoms with Crippen LogP contribution in [0.5, 0.6) is 0 Å². The number of piperidine rings is 1. The molecule has 1 aliphatic rings. The summed E-state index contributed by atoms with van der Waals surface area (Å²) in [4.78, 5) is 16.4. The van der Waals surface area contributed by atoms with Gasteiger partial charge in [-0.3, -0.25) is 9.69 Å². The quantitative estimate of drug-likeness (QED) is 0.494. The lowest BCUT2D eigenvalue weighted by Crippen LogP contribution is -2.57. The van der Waals surface area contributed by atoms with Crippen molar-refractivity contribution in [3.63, 3.8) is 0 Å². The Labute approximate surface area is 207 Å². The van der Waals surface area contributed by atoms with E-state index in [1.165, 1.54) is 0 Å². The molecule has 3 aromatic rings. The van der Waals surface area contributed by atoms with Crippen LogP contribution in [0.15, 0.2) is 84.9 Å². The van der Waals surface area contributed by atoms with Crippen molar-refractivity contribution in [3.05, 3.63) is 107 Å². The summed E-state index contributed by atoms with van der Waals surface area (Å²) in [6.45, 7) is 1.47. The summed E-state index contributed by atoms with van der Waals surface area (Å²) >= 11 is 6.15. The van der Waals surface area contributed by atoms with Gasteiger partial charge in [0.05, 0.1) is 11.1 Å². The molecule has 1 fully saturated rings. The molecule has 0 aromatic heterocycles. The van der Waals surface area contributed by atoms with Gasteiger partial charge in [-0.05, 0) is 48.2 Å². The van der Waals surface area contributed by atoms with Gasteiger partial charge in [0.15, 0.2) is 0 Å². The predicted molar refractivity (Wildman–Crippen MR) is 138 cm³/mol. The van der Waals surface area contributed by atoms with Gasteiger partial charge < -0.3 is 10.0 Å². The van der Waals surface area contributed by atoms with Crippen LogP contribution in [-0.4, -0.2) is 48.0 Å². The fourth-order valence-electron chi connectivity index (χ4n) is 5.25. The molecule has 0 aliphatic carbocycles. The van der Waals surface area contributed by atoms with E-state index in [1.807, 2.05) is 36.4 Å². The van der Waals surface area contributed by atoms with Crippen molar-refractivity contribution in [1.29, 1.82) is 0 Å². The number of hydrogen-bond donors (Lipinski definition) is 1. The molecular formula is C29H33ClN2O2. The molecular weight excluding hydrogens is 444 g/mol. The van der Waals surface area contributed by atoms with E-state index in [0.717, 1.165) is 29.7 Å². The minimum Gasteiger partial charge on any atom is -0.385 e. The molecule has 1 saturated heterocycles. The first kappa shape index (κ1) is 24.5. The third-order valence-electron chi connectivity index (χ3n) is 7.09. The van der Waals surface area contributed by atoms with E-state index in [2.05, 4.69) is 53.4 Å². The van der Waals surface area contributed by atoms with Gasteiger partial charge in [0.2, 0.25) is 5.91 Å². The average Bonchev–Trinajstić information content (AvgIpc) is 2.86. The topological polar surface area (TPSA) is 43.8 Å². The fourth-order valence-corrected chi connectivity index (χ4v) is 5.38. The Morgan fingerprint density at radius 2 is 1.47 bits per heavy atom. The molecule has 5 heteroatoms. The number of nitrogens with zero attached hydrogens (tertiary/aromatic N) is 2. The second-order valence-electron chi connectivity index (χ2n) is 9.44. The largest absolute Gasteiger partial charge is 0.385 e. The number of hydrogen-bond acceptors (Lipinski definition) is 3. The molecule has 1 aliphatic heterocycles. The number of aliphatic hydroxyl groups is 1. The molecule has 4 nitrogen and oxygen atoms in total. The number of rotatable bonds is 7. The van der Waals surface area contributed by atoms with Gasteiger partial charge in [0, 0.05) is 38.5 Å². The average molecular weight is 477 g/mol. The third-order valence-corrected chi connectivity index (χ3v) is 7.34. The van der Waals surface area contributed by atoms with E-state index in [4.69, 9.17) is 11.6 Å². The van der Waals surface area contributed by atoms with Crippen LogP contribution in [0.1, 0.15) is 42.4 Å². The van der Waals surface area contributed by atoms with Crippen LogP contribution in [0.4, 0.5) is 0 Å². The highest BCUT2D eigenvalue weighted by Gasteiger charge is 2.50. The summed E-state index contributed by atoms with van der Waals surface area (Å²) < 4.78 is 0. The lowest BCUT2D eigenvalue weighted by atomic mass is 9.67. The first-order chi connectivity index (χ1) is 16.3.